The van der Waals surface area contributed by atoms with E-state index in [1.54, 1.807) is 0 Å². The van der Waals surface area contributed by atoms with Crippen molar-refractivity contribution in [2.45, 2.75) is 0 Å². The maximum atomic E-state index is 6.24. The smallest absolute Gasteiger partial charge is 0.128 e. The molecule has 0 saturated heterocycles. The van der Waals surface area contributed by atoms with E-state index in [2.05, 4.69) is 15.5 Å². The van der Waals surface area contributed by atoms with Crippen molar-refractivity contribution in [3.63, 3.8) is 0 Å². The second-order valence-electron chi connectivity index (χ2n) is 6.12. The first kappa shape index (κ1) is 15.6. The summed E-state index contributed by atoms with van der Waals surface area (Å²) in [6.45, 7) is 0. The lowest BCUT2D eigenvalue weighted by molar-refractivity contribution is 0.780. The van der Waals surface area contributed by atoms with Crippen LogP contribution in [0.2, 0.25) is 0 Å². The van der Waals surface area contributed by atoms with E-state index in [9.17, 15) is 0 Å². The summed E-state index contributed by atoms with van der Waals surface area (Å²) in [6.07, 6.45) is 2.00. The molecule has 0 bridgehead atoms. The SMILES string of the molecule is CN(C)c1cccc(-c2c(-c3ccc4nn(C)cc4c3)nsc2N)n1. The predicted molar refractivity (Wildman–Crippen MR) is 104 cm³/mol. The van der Waals surface area contributed by atoms with Crippen molar-refractivity contribution in [1.29, 1.82) is 0 Å². The van der Waals surface area contributed by atoms with E-state index in [0.29, 0.717) is 5.00 Å². The lowest BCUT2D eigenvalue weighted by Gasteiger charge is -2.12. The number of benzene rings is 1. The third kappa shape index (κ3) is 2.72. The molecule has 0 radical (unpaired) electrons. The van der Waals surface area contributed by atoms with Gasteiger partial charge < -0.3 is 10.6 Å². The highest BCUT2D eigenvalue weighted by atomic mass is 32.1. The predicted octanol–water partition coefficient (Wildman–Crippen LogP) is 3.41. The molecule has 2 N–H and O–H groups in total. The van der Waals surface area contributed by atoms with Crippen molar-refractivity contribution >= 4 is 33.3 Å². The third-order valence-corrected chi connectivity index (χ3v) is 4.73. The van der Waals surface area contributed by atoms with Crippen LogP contribution >= 0.6 is 11.5 Å². The van der Waals surface area contributed by atoms with Gasteiger partial charge in [0.05, 0.1) is 22.5 Å². The summed E-state index contributed by atoms with van der Waals surface area (Å²) in [6, 6.07) is 12.1. The molecule has 4 rings (SSSR count). The second-order valence-corrected chi connectivity index (χ2v) is 6.93. The Morgan fingerprint density at radius 2 is 2.00 bits per heavy atom. The Morgan fingerprint density at radius 1 is 1.16 bits per heavy atom. The van der Waals surface area contributed by atoms with Gasteiger partial charge in [0.1, 0.15) is 10.8 Å². The molecule has 0 spiro atoms. The Bertz CT molecular complexity index is 1060. The van der Waals surface area contributed by atoms with Gasteiger partial charge in [-0.2, -0.15) is 9.47 Å². The van der Waals surface area contributed by atoms with Gasteiger partial charge in [-0.05, 0) is 35.8 Å². The Labute approximate surface area is 149 Å². The maximum absolute atomic E-state index is 6.24. The van der Waals surface area contributed by atoms with Gasteiger partial charge in [0.25, 0.3) is 0 Å². The van der Waals surface area contributed by atoms with Crippen LogP contribution in [-0.2, 0) is 7.05 Å². The molecule has 3 aromatic heterocycles. The van der Waals surface area contributed by atoms with Crippen molar-refractivity contribution in [3.8, 4) is 22.5 Å². The number of rotatable bonds is 3. The van der Waals surface area contributed by atoms with Crippen LogP contribution in [0.3, 0.4) is 0 Å². The zero-order valence-corrected chi connectivity index (χ0v) is 15.1. The normalized spacial score (nSPS) is 11.2. The molecule has 25 heavy (non-hydrogen) atoms. The molecule has 4 aromatic rings. The topological polar surface area (TPSA) is 72.9 Å². The minimum Gasteiger partial charge on any atom is -0.389 e. The van der Waals surface area contributed by atoms with Gasteiger partial charge in [-0.25, -0.2) is 4.98 Å². The Hall–Kier alpha value is -2.93. The minimum atomic E-state index is 0.671. The van der Waals surface area contributed by atoms with Crippen molar-refractivity contribution in [3.05, 3.63) is 42.6 Å². The van der Waals surface area contributed by atoms with Crippen LogP contribution in [0.25, 0.3) is 33.4 Å². The lowest BCUT2D eigenvalue weighted by Crippen LogP contribution is -2.10. The van der Waals surface area contributed by atoms with Crippen LogP contribution in [0.5, 0.6) is 0 Å². The summed E-state index contributed by atoms with van der Waals surface area (Å²) in [5.41, 5.74) is 10.8. The summed E-state index contributed by atoms with van der Waals surface area (Å²) < 4.78 is 6.40. The highest BCUT2D eigenvalue weighted by Crippen LogP contribution is 2.39. The molecule has 126 valence electrons. The maximum Gasteiger partial charge on any atom is 0.128 e. The fourth-order valence-corrected chi connectivity index (χ4v) is 3.53. The molecule has 1 aromatic carbocycles. The average molecular weight is 350 g/mol. The first-order valence-electron chi connectivity index (χ1n) is 7.86. The number of hydrogen-bond acceptors (Lipinski definition) is 6. The summed E-state index contributed by atoms with van der Waals surface area (Å²) in [5.74, 6) is 0.886. The second kappa shape index (κ2) is 5.86. The quantitative estimate of drug-likeness (QED) is 0.613. The highest BCUT2D eigenvalue weighted by molar-refractivity contribution is 7.11. The number of nitrogen functional groups attached to an aromatic ring is 1. The highest BCUT2D eigenvalue weighted by Gasteiger charge is 2.18. The number of fused-ring (bicyclic) bond motifs is 1. The molecule has 3 heterocycles. The molecule has 7 heteroatoms. The summed E-state index contributed by atoms with van der Waals surface area (Å²) in [5, 5.41) is 6.17. The van der Waals surface area contributed by atoms with E-state index >= 15 is 0 Å². The largest absolute Gasteiger partial charge is 0.389 e. The zero-order valence-electron chi connectivity index (χ0n) is 14.3. The van der Waals surface area contributed by atoms with E-state index in [4.69, 9.17) is 10.7 Å². The van der Waals surface area contributed by atoms with Crippen molar-refractivity contribution in [2.24, 2.45) is 7.05 Å². The van der Waals surface area contributed by atoms with E-state index in [0.717, 1.165) is 39.2 Å². The summed E-state index contributed by atoms with van der Waals surface area (Å²) in [4.78, 5) is 6.70. The van der Waals surface area contributed by atoms with Crippen LogP contribution in [0, 0.1) is 0 Å². The van der Waals surface area contributed by atoms with Crippen molar-refractivity contribution in [2.75, 3.05) is 24.7 Å². The van der Waals surface area contributed by atoms with Gasteiger partial charge >= 0.3 is 0 Å². The van der Waals surface area contributed by atoms with Crippen LogP contribution in [0.4, 0.5) is 10.8 Å². The first-order valence-corrected chi connectivity index (χ1v) is 8.64. The molecule has 0 unspecified atom stereocenters. The average Bonchev–Trinajstić information content (AvgIpc) is 3.15. The fourth-order valence-electron chi connectivity index (χ4n) is 2.86. The van der Waals surface area contributed by atoms with E-state index in [-0.39, 0.29) is 0 Å². The third-order valence-electron chi connectivity index (χ3n) is 4.06. The Morgan fingerprint density at radius 3 is 2.80 bits per heavy atom. The Kier molecular flexibility index (Phi) is 3.65. The standard InChI is InChI=1S/C18H18N6S/c1-23(2)15-6-4-5-14(20-15)16-17(22-25-18(16)19)11-7-8-13-12(9-11)10-24(3)21-13/h4-10H,19H2,1-3H3. The minimum absolute atomic E-state index is 0.671. The molecular weight excluding hydrogens is 332 g/mol. The number of aromatic nitrogens is 4. The van der Waals surface area contributed by atoms with Crippen molar-refractivity contribution < 1.29 is 0 Å². The number of pyridine rings is 1. The molecule has 0 atom stereocenters. The van der Waals surface area contributed by atoms with E-state index in [1.807, 2.05) is 67.3 Å². The first-order chi connectivity index (χ1) is 12.0. The van der Waals surface area contributed by atoms with Gasteiger partial charge in [-0.1, -0.05) is 12.1 Å². The molecule has 0 saturated carbocycles. The number of hydrogen-bond donors (Lipinski definition) is 1. The fraction of sp³-hybridized carbons (Fsp3) is 0.167. The molecule has 0 aliphatic heterocycles. The Balaban J connectivity index is 1.87. The van der Waals surface area contributed by atoms with Crippen LogP contribution < -0.4 is 10.6 Å². The number of aryl methyl sites for hydroxylation is 1. The molecule has 0 aliphatic rings. The van der Waals surface area contributed by atoms with Crippen LogP contribution in [0.15, 0.2) is 42.6 Å². The summed E-state index contributed by atoms with van der Waals surface area (Å²) >= 11 is 1.30. The lowest BCUT2D eigenvalue weighted by atomic mass is 10.0. The van der Waals surface area contributed by atoms with Gasteiger partial charge in [0, 0.05) is 38.3 Å². The van der Waals surface area contributed by atoms with Gasteiger partial charge in [-0.3, -0.25) is 4.68 Å². The molecule has 0 amide bonds. The monoisotopic (exact) mass is 350 g/mol. The van der Waals surface area contributed by atoms with Crippen LogP contribution in [-0.4, -0.2) is 33.2 Å². The number of nitrogens with two attached hydrogens (primary N) is 1. The van der Waals surface area contributed by atoms with Crippen LogP contribution in [0.1, 0.15) is 0 Å². The summed E-state index contributed by atoms with van der Waals surface area (Å²) in [7, 11) is 5.86. The van der Waals surface area contributed by atoms with E-state index in [1.165, 1.54) is 11.5 Å². The van der Waals surface area contributed by atoms with Gasteiger partial charge in [0.15, 0.2) is 0 Å². The van der Waals surface area contributed by atoms with E-state index < -0.39 is 0 Å². The molecule has 6 nitrogen and oxygen atoms in total. The van der Waals surface area contributed by atoms with Gasteiger partial charge in [-0.15, -0.1) is 0 Å². The molecule has 0 fully saturated rings. The van der Waals surface area contributed by atoms with Gasteiger partial charge in [0.2, 0.25) is 0 Å². The molecule has 0 aliphatic carbocycles. The zero-order chi connectivity index (χ0) is 17.6. The van der Waals surface area contributed by atoms with Crippen molar-refractivity contribution in [1.82, 2.24) is 19.1 Å². The number of nitrogens with zero attached hydrogens (tertiary/aromatic N) is 5. The number of anilines is 2. The molecular formula is C18H18N6S.